The van der Waals surface area contributed by atoms with Crippen LogP contribution in [0.15, 0.2) is 5.10 Å². The molecule has 3 heteroatoms. The van der Waals surface area contributed by atoms with Gasteiger partial charge in [-0.3, -0.25) is 5.01 Å². The molecule has 42 valence electrons. The third-order valence-corrected chi connectivity index (χ3v) is 1.07. The van der Waals surface area contributed by atoms with Gasteiger partial charge >= 0.3 is 0 Å². The van der Waals surface area contributed by atoms with Crippen molar-refractivity contribution in [3.8, 4) is 6.07 Å². The maximum absolute atomic E-state index is 8.32. The molecule has 0 bridgehead atoms. The van der Waals surface area contributed by atoms with Crippen LogP contribution < -0.4 is 0 Å². The Labute approximate surface area is 48.2 Å². The smallest absolute Gasteiger partial charge is 0.102 e. The van der Waals surface area contributed by atoms with Gasteiger partial charge in [0.05, 0.1) is 12.6 Å². The average molecular weight is 109 g/mol. The van der Waals surface area contributed by atoms with Crippen LogP contribution in [0.5, 0.6) is 0 Å². The molecule has 8 heavy (non-hydrogen) atoms. The van der Waals surface area contributed by atoms with Gasteiger partial charge in [-0.15, -0.1) is 0 Å². The summed E-state index contributed by atoms with van der Waals surface area (Å²) in [6.45, 7) is 0.747. The highest BCUT2D eigenvalue weighted by molar-refractivity contribution is 5.65. The molecular weight excluding hydrogens is 102 g/mol. The molecule has 0 fully saturated rings. The van der Waals surface area contributed by atoms with Gasteiger partial charge < -0.3 is 0 Å². The molecule has 0 aromatic heterocycles. The van der Waals surface area contributed by atoms with Crippen molar-refractivity contribution in [1.29, 1.82) is 5.26 Å². The Bertz CT molecular complexity index is 144. The molecule has 1 aliphatic rings. The summed E-state index contributed by atoms with van der Waals surface area (Å²) in [7, 11) is 1.86. The molecule has 1 heterocycles. The Morgan fingerprint density at radius 1 is 2.00 bits per heavy atom. The zero-order valence-corrected chi connectivity index (χ0v) is 4.70. The first-order chi connectivity index (χ1) is 3.83. The lowest BCUT2D eigenvalue weighted by atomic mass is 10.2. The molecule has 0 radical (unpaired) electrons. The van der Waals surface area contributed by atoms with E-state index in [4.69, 9.17) is 5.26 Å². The largest absolute Gasteiger partial charge is 0.299 e. The molecule has 0 saturated heterocycles. The van der Waals surface area contributed by atoms with E-state index in [1.54, 1.807) is 11.2 Å². The first kappa shape index (κ1) is 5.10. The molecule has 0 spiro atoms. The molecule has 3 nitrogen and oxygen atoms in total. The van der Waals surface area contributed by atoms with Crippen LogP contribution in [0.25, 0.3) is 0 Å². The zero-order valence-electron chi connectivity index (χ0n) is 4.70. The van der Waals surface area contributed by atoms with Crippen LogP contribution in [-0.4, -0.2) is 24.8 Å². The van der Waals surface area contributed by atoms with Crippen LogP contribution in [0, 0.1) is 17.2 Å². The Morgan fingerprint density at radius 3 is 3.00 bits per heavy atom. The molecule has 1 aliphatic heterocycles. The lowest BCUT2D eigenvalue weighted by Gasteiger charge is -2.02. The molecule has 0 saturated carbocycles. The average Bonchev–Trinajstić information content (AvgIpc) is 2.14. The van der Waals surface area contributed by atoms with E-state index in [2.05, 4.69) is 11.2 Å². The van der Waals surface area contributed by atoms with E-state index in [0.717, 1.165) is 6.54 Å². The van der Waals surface area contributed by atoms with E-state index in [1.165, 1.54) is 0 Å². The molecule has 1 rings (SSSR count). The van der Waals surface area contributed by atoms with Gasteiger partial charge in [0, 0.05) is 13.3 Å². The molecule has 1 unspecified atom stereocenters. The minimum Gasteiger partial charge on any atom is -0.299 e. The highest BCUT2D eigenvalue weighted by Crippen LogP contribution is 2.01. The van der Waals surface area contributed by atoms with Crippen molar-refractivity contribution in [2.75, 3.05) is 13.6 Å². The van der Waals surface area contributed by atoms with Crippen molar-refractivity contribution in [2.45, 2.75) is 0 Å². The number of hydrogen-bond donors (Lipinski definition) is 0. The Hall–Kier alpha value is -1.04. The Balaban J connectivity index is 2.49. The summed E-state index contributed by atoms with van der Waals surface area (Å²) in [5.41, 5.74) is 0. The molecule has 0 N–H and O–H groups in total. The summed E-state index contributed by atoms with van der Waals surface area (Å²) in [6, 6.07) is 2.10. The van der Waals surface area contributed by atoms with Gasteiger partial charge in [-0.1, -0.05) is 0 Å². The van der Waals surface area contributed by atoms with Crippen molar-refractivity contribution in [3.63, 3.8) is 0 Å². The predicted octanol–water partition coefficient (Wildman–Crippen LogP) is 0.0574. The second kappa shape index (κ2) is 1.83. The summed E-state index contributed by atoms with van der Waals surface area (Å²) in [6.07, 6.45) is 1.67. The normalized spacial score (nSPS) is 26.0. The third kappa shape index (κ3) is 0.784. The second-order valence-electron chi connectivity index (χ2n) is 1.84. The molecule has 0 aromatic rings. The zero-order chi connectivity index (χ0) is 5.98. The first-order valence-corrected chi connectivity index (χ1v) is 2.48. The van der Waals surface area contributed by atoms with Crippen LogP contribution in [0.2, 0.25) is 0 Å². The van der Waals surface area contributed by atoms with Crippen LogP contribution in [0.1, 0.15) is 0 Å². The summed E-state index contributed by atoms with van der Waals surface area (Å²) in [5, 5.41) is 13.9. The van der Waals surface area contributed by atoms with Gasteiger partial charge in [-0.2, -0.15) is 10.4 Å². The third-order valence-electron chi connectivity index (χ3n) is 1.07. The van der Waals surface area contributed by atoms with Crippen LogP contribution in [0.3, 0.4) is 0 Å². The topological polar surface area (TPSA) is 39.4 Å². The number of hydrogen-bond acceptors (Lipinski definition) is 3. The second-order valence-corrected chi connectivity index (χ2v) is 1.84. The Kier molecular flexibility index (Phi) is 1.17. The highest BCUT2D eigenvalue weighted by Gasteiger charge is 2.11. The summed E-state index contributed by atoms with van der Waals surface area (Å²) in [5.74, 6) is 0.0139. The molecular formula is C5H7N3. The van der Waals surface area contributed by atoms with Crippen molar-refractivity contribution in [1.82, 2.24) is 5.01 Å². The van der Waals surface area contributed by atoms with Crippen molar-refractivity contribution in [2.24, 2.45) is 11.0 Å². The van der Waals surface area contributed by atoms with Gasteiger partial charge in [-0.25, -0.2) is 0 Å². The van der Waals surface area contributed by atoms with Crippen molar-refractivity contribution < 1.29 is 0 Å². The minimum absolute atomic E-state index is 0.0139. The maximum Gasteiger partial charge on any atom is 0.102 e. The van der Waals surface area contributed by atoms with Gasteiger partial charge in [0.2, 0.25) is 0 Å². The Morgan fingerprint density at radius 2 is 2.75 bits per heavy atom. The van der Waals surface area contributed by atoms with Crippen LogP contribution in [-0.2, 0) is 0 Å². The minimum atomic E-state index is 0.0139. The number of nitrogens with zero attached hydrogens (tertiary/aromatic N) is 3. The van der Waals surface area contributed by atoms with Gasteiger partial charge in [-0.05, 0) is 0 Å². The molecule has 0 aromatic carbocycles. The number of nitriles is 1. The summed E-state index contributed by atoms with van der Waals surface area (Å²) < 4.78 is 0. The fourth-order valence-corrected chi connectivity index (χ4v) is 0.647. The fourth-order valence-electron chi connectivity index (χ4n) is 0.647. The predicted molar refractivity (Wildman–Crippen MR) is 30.2 cm³/mol. The fraction of sp³-hybridized carbons (Fsp3) is 0.600. The van der Waals surface area contributed by atoms with Gasteiger partial charge in [0.25, 0.3) is 0 Å². The molecule has 1 atom stereocenters. The first-order valence-electron chi connectivity index (χ1n) is 2.48. The van der Waals surface area contributed by atoms with E-state index in [0.29, 0.717) is 0 Å². The summed E-state index contributed by atoms with van der Waals surface area (Å²) in [4.78, 5) is 0. The van der Waals surface area contributed by atoms with E-state index >= 15 is 0 Å². The number of rotatable bonds is 0. The van der Waals surface area contributed by atoms with Gasteiger partial charge in [0.1, 0.15) is 5.92 Å². The standard InChI is InChI=1S/C5H7N3/c1-8-4-5(2-6)3-7-8/h3,5H,4H2,1H3. The van der Waals surface area contributed by atoms with Crippen molar-refractivity contribution >= 4 is 6.21 Å². The number of hydrazone groups is 1. The maximum atomic E-state index is 8.32. The van der Waals surface area contributed by atoms with Crippen LogP contribution >= 0.6 is 0 Å². The van der Waals surface area contributed by atoms with Gasteiger partial charge in [0.15, 0.2) is 0 Å². The lowest BCUT2D eigenvalue weighted by molar-refractivity contribution is 0.377. The SMILES string of the molecule is CN1CC(C#N)C=N1. The highest BCUT2D eigenvalue weighted by atomic mass is 15.4. The summed E-state index contributed by atoms with van der Waals surface area (Å²) >= 11 is 0. The molecule has 0 aliphatic carbocycles. The van der Waals surface area contributed by atoms with E-state index in [-0.39, 0.29) is 5.92 Å². The van der Waals surface area contributed by atoms with Crippen LogP contribution in [0.4, 0.5) is 0 Å². The van der Waals surface area contributed by atoms with Crippen molar-refractivity contribution in [3.05, 3.63) is 0 Å². The molecule has 0 amide bonds. The van der Waals surface area contributed by atoms with E-state index < -0.39 is 0 Å². The van der Waals surface area contributed by atoms with E-state index in [1.807, 2.05) is 7.05 Å². The monoisotopic (exact) mass is 109 g/mol. The lowest BCUT2D eigenvalue weighted by Crippen LogP contribution is -2.11. The quantitative estimate of drug-likeness (QED) is 0.441. The van der Waals surface area contributed by atoms with E-state index in [9.17, 15) is 0 Å².